The third-order valence-electron chi connectivity index (χ3n) is 6.50. The highest BCUT2D eigenvalue weighted by Gasteiger charge is 2.47. The summed E-state index contributed by atoms with van der Waals surface area (Å²) in [5.41, 5.74) is 0.480. The van der Waals surface area contributed by atoms with Gasteiger partial charge in [-0.05, 0) is 69.2 Å². The Morgan fingerprint density at radius 3 is 1.00 bits per heavy atom. The normalized spacial score (nSPS) is 12.8. The summed E-state index contributed by atoms with van der Waals surface area (Å²) in [6.07, 6.45) is 2.07. The van der Waals surface area contributed by atoms with E-state index in [2.05, 4.69) is 53.1 Å². The van der Waals surface area contributed by atoms with Crippen LogP contribution in [-0.2, 0) is 64.5 Å². The first kappa shape index (κ1) is 55.7. The number of hydrogen-bond acceptors (Lipinski definition) is 15. The van der Waals surface area contributed by atoms with Crippen molar-refractivity contribution in [1.82, 2.24) is 0 Å². The van der Waals surface area contributed by atoms with Gasteiger partial charge in [0, 0.05) is 19.8 Å². The quantitative estimate of drug-likeness (QED) is 0.0570. The second-order valence-corrected chi connectivity index (χ2v) is 30.1. The molecule has 19 heteroatoms. The Morgan fingerprint density at radius 1 is 0.418 bits per heavy atom. The first-order valence-electron chi connectivity index (χ1n) is 20.1. The van der Waals surface area contributed by atoms with Crippen LogP contribution < -0.4 is 0 Å². The minimum absolute atomic E-state index is 0.416. The van der Waals surface area contributed by atoms with E-state index in [0.29, 0.717) is 147 Å². The molecule has 0 heterocycles. The molecule has 0 bridgehead atoms. The predicted octanol–water partition coefficient (Wildman–Crippen LogP) is 5.42. The van der Waals surface area contributed by atoms with Crippen LogP contribution in [0.2, 0.25) is 50.9 Å². The molecule has 0 fully saturated rings. The maximum atomic E-state index is 6.73. The van der Waals surface area contributed by atoms with Gasteiger partial charge in [0.1, 0.15) is 0 Å². The lowest BCUT2D eigenvalue weighted by Crippen LogP contribution is -2.57. The van der Waals surface area contributed by atoms with E-state index in [9.17, 15) is 0 Å². The van der Waals surface area contributed by atoms with Gasteiger partial charge in [-0.3, -0.25) is 0 Å². The van der Waals surface area contributed by atoms with E-state index in [1.165, 1.54) is 0 Å². The van der Waals surface area contributed by atoms with E-state index >= 15 is 0 Å². The van der Waals surface area contributed by atoms with Crippen molar-refractivity contribution in [3.05, 3.63) is 0 Å². The van der Waals surface area contributed by atoms with Gasteiger partial charge in [-0.2, -0.15) is 11.8 Å². The molecule has 0 aromatic rings. The summed E-state index contributed by atoms with van der Waals surface area (Å²) in [5, 5.41) is 0. The van der Waals surface area contributed by atoms with Crippen LogP contribution in [-0.4, -0.2) is 193 Å². The van der Waals surface area contributed by atoms with Crippen LogP contribution in [0.3, 0.4) is 0 Å². The molecule has 0 atom stereocenters. The number of methoxy groups -OCH3 is 1. The average Bonchev–Trinajstić information content (AvgIpc) is 3.10. The molecule has 0 unspecified atom stereocenters. The highest BCUT2D eigenvalue weighted by molar-refractivity contribution is 7.99. The predicted molar refractivity (Wildman–Crippen MR) is 228 cm³/mol. The fourth-order valence-corrected chi connectivity index (χ4v) is 18.1. The number of ether oxygens (including phenoxy) is 11. The SMILES string of the molecule is COCCOCCOCCOCCOCCOCCOCCOCCOCCOCCOCCCSCCC[Si](O[Si]C(C)C)(O[Si](C)(C)C)O[Si](C)(C)C. The highest BCUT2D eigenvalue weighted by Crippen LogP contribution is 2.28. The lowest BCUT2D eigenvalue weighted by molar-refractivity contribution is -0.0270. The molecule has 0 amide bonds. The molecule has 0 aliphatic rings. The smallest absolute Gasteiger partial charge is 0.417 e. The van der Waals surface area contributed by atoms with Crippen molar-refractivity contribution in [2.45, 2.75) is 77.6 Å². The molecule has 0 aromatic heterocycles. The monoisotopic (exact) mass is 880 g/mol. The first-order valence-corrected chi connectivity index (χ1v) is 31.0. The van der Waals surface area contributed by atoms with Gasteiger partial charge in [0.15, 0.2) is 16.6 Å². The molecular formula is C36H80O14SSi4. The van der Waals surface area contributed by atoms with Crippen LogP contribution in [0.4, 0.5) is 0 Å². The maximum absolute atomic E-state index is 6.73. The average molecular weight is 881 g/mol. The van der Waals surface area contributed by atoms with Crippen molar-refractivity contribution in [3.63, 3.8) is 0 Å². The Morgan fingerprint density at radius 2 is 0.709 bits per heavy atom. The van der Waals surface area contributed by atoms with Crippen molar-refractivity contribution >= 4 is 47.0 Å². The van der Waals surface area contributed by atoms with Crippen LogP contribution in [0.1, 0.15) is 26.7 Å². The molecule has 0 rings (SSSR count). The van der Waals surface area contributed by atoms with Crippen molar-refractivity contribution in [2.24, 2.45) is 0 Å². The number of hydrogen-bond donors (Lipinski definition) is 0. The van der Waals surface area contributed by atoms with Gasteiger partial charge >= 0.3 is 8.80 Å². The lowest BCUT2D eigenvalue weighted by Gasteiger charge is -2.40. The van der Waals surface area contributed by atoms with Gasteiger partial charge < -0.3 is 64.5 Å². The topological polar surface area (TPSA) is 129 Å². The summed E-state index contributed by atoms with van der Waals surface area (Å²) in [6.45, 7) is 29.3. The summed E-state index contributed by atoms with van der Waals surface area (Å²) in [4.78, 5) is 0. The minimum Gasteiger partial charge on any atom is -0.417 e. The molecule has 0 N–H and O–H groups in total. The van der Waals surface area contributed by atoms with Crippen LogP contribution in [0.25, 0.3) is 0 Å². The zero-order valence-electron chi connectivity index (χ0n) is 36.1. The molecule has 55 heavy (non-hydrogen) atoms. The van der Waals surface area contributed by atoms with Crippen molar-refractivity contribution in [2.75, 3.05) is 157 Å². The van der Waals surface area contributed by atoms with Gasteiger partial charge in [0.25, 0.3) is 0 Å². The molecule has 0 saturated heterocycles. The third-order valence-corrected chi connectivity index (χ3v) is 18.2. The van der Waals surface area contributed by atoms with Crippen LogP contribution in [0.15, 0.2) is 0 Å². The Hall–Kier alpha value is 0.658. The molecule has 330 valence electrons. The second kappa shape index (κ2) is 38.8. The van der Waals surface area contributed by atoms with Crippen LogP contribution in [0, 0.1) is 0 Å². The van der Waals surface area contributed by atoms with E-state index in [0.717, 1.165) is 37.0 Å². The van der Waals surface area contributed by atoms with Gasteiger partial charge in [0.05, 0.1) is 132 Å². The molecule has 14 nitrogen and oxygen atoms in total. The van der Waals surface area contributed by atoms with Gasteiger partial charge in [-0.15, -0.1) is 0 Å². The van der Waals surface area contributed by atoms with E-state index in [1.54, 1.807) is 7.11 Å². The summed E-state index contributed by atoms with van der Waals surface area (Å²) in [5.74, 6) is 2.15. The summed E-state index contributed by atoms with van der Waals surface area (Å²) < 4.78 is 80.0. The minimum atomic E-state index is -2.71. The summed E-state index contributed by atoms with van der Waals surface area (Å²) in [7, 11) is -4.27. The molecular weight excluding hydrogens is 801 g/mol. The Kier molecular flexibility index (Phi) is 39.3. The lowest BCUT2D eigenvalue weighted by atomic mass is 10.5. The zero-order valence-corrected chi connectivity index (χ0v) is 40.9. The van der Waals surface area contributed by atoms with E-state index in [-0.39, 0.29) is 0 Å². The van der Waals surface area contributed by atoms with Gasteiger partial charge in [-0.25, -0.2) is 0 Å². The maximum Gasteiger partial charge on any atom is 0.469 e. The second-order valence-electron chi connectivity index (χ2n) is 14.7. The standard InChI is InChI=1S/C36H80O14SSi4/c1-36(2)52-48-55(49-53(4,5)6,50-54(7,8)9)35-11-34-51-33-10-12-38-15-16-40-19-20-42-23-24-44-27-28-46-31-32-47-30-29-45-26-25-43-22-21-41-18-17-39-14-13-37-3/h36H,10-35H2,1-9H3. The number of rotatable bonds is 45. The van der Waals surface area contributed by atoms with E-state index in [1.807, 2.05) is 11.8 Å². The van der Waals surface area contributed by atoms with Crippen molar-refractivity contribution in [1.29, 1.82) is 0 Å². The van der Waals surface area contributed by atoms with E-state index < -0.39 is 25.4 Å². The summed E-state index contributed by atoms with van der Waals surface area (Å²) >= 11 is 1.97. The fourth-order valence-electron chi connectivity index (χ4n) is 4.34. The third kappa shape index (κ3) is 44.0. The Balaban J connectivity index is 3.46. The fraction of sp³-hybridized carbons (Fsp3) is 1.00. The summed E-state index contributed by atoms with van der Waals surface area (Å²) in [6, 6.07) is 0.896. The Labute approximate surface area is 345 Å². The Bertz CT molecular complexity index is 785. The number of thioether (sulfide) groups is 1. The van der Waals surface area contributed by atoms with Crippen LogP contribution >= 0.6 is 11.8 Å². The van der Waals surface area contributed by atoms with Gasteiger partial charge in [0.2, 0.25) is 9.76 Å². The van der Waals surface area contributed by atoms with E-state index in [4.69, 9.17) is 64.5 Å². The van der Waals surface area contributed by atoms with Crippen LogP contribution in [0.5, 0.6) is 0 Å². The highest BCUT2D eigenvalue weighted by atomic mass is 32.2. The van der Waals surface area contributed by atoms with Crippen molar-refractivity contribution < 1.29 is 64.5 Å². The van der Waals surface area contributed by atoms with Crippen molar-refractivity contribution in [3.8, 4) is 0 Å². The molecule has 2 radical (unpaired) electrons. The zero-order chi connectivity index (χ0) is 40.8. The molecule has 0 aliphatic carbocycles. The largest absolute Gasteiger partial charge is 0.469 e. The molecule has 0 spiro atoms. The first-order chi connectivity index (χ1) is 26.4. The molecule has 0 saturated carbocycles. The molecule has 0 aliphatic heterocycles. The molecule has 0 aromatic carbocycles. The van der Waals surface area contributed by atoms with Gasteiger partial charge in [-0.1, -0.05) is 13.8 Å².